The summed E-state index contributed by atoms with van der Waals surface area (Å²) in [5.41, 5.74) is 1.67. The number of carbonyl (C=O) groups excluding carboxylic acids is 1. The van der Waals surface area contributed by atoms with E-state index in [0.29, 0.717) is 0 Å². The summed E-state index contributed by atoms with van der Waals surface area (Å²) < 4.78 is 0.945. The lowest BCUT2D eigenvalue weighted by Crippen LogP contribution is -2.33. The molecule has 98 valence electrons. The van der Waals surface area contributed by atoms with Crippen LogP contribution >= 0.6 is 15.9 Å². The molecule has 0 aromatic heterocycles. The molecule has 1 rings (SSSR count). The first-order chi connectivity index (χ1) is 8.38. The van der Waals surface area contributed by atoms with Crippen molar-refractivity contribution in [2.24, 2.45) is 0 Å². The van der Waals surface area contributed by atoms with Crippen molar-refractivity contribution in [3.8, 4) is 0 Å². The van der Waals surface area contributed by atoms with Crippen LogP contribution in [0, 0.1) is 6.92 Å². The topological polar surface area (TPSA) is 69.6 Å². The van der Waals surface area contributed by atoms with Crippen molar-refractivity contribution >= 4 is 33.5 Å². The summed E-state index contributed by atoms with van der Waals surface area (Å²) in [7, 11) is 1.59. The minimum absolute atomic E-state index is 0.0435. The van der Waals surface area contributed by atoms with Gasteiger partial charge in [0.2, 0.25) is 5.91 Å². The molecule has 0 aliphatic carbocycles. The number of aryl methyl sites for hydroxylation is 1. The average molecular weight is 315 g/mol. The molecule has 0 atom stereocenters. The molecule has 0 radical (unpaired) electrons. The summed E-state index contributed by atoms with van der Waals surface area (Å²) in [6.07, 6.45) is 0. The molecule has 2 N–H and O–H groups in total. The molecular weight excluding hydrogens is 300 g/mol. The second-order valence-corrected chi connectivity index (χ2v) is 4.99. The van der Waals surface area contributed by atoms with Crippen LogP contribution in [0.5, 0.6) is 0 Å². The van der Waals surface area contributed by atoms with Gasteiger partial charge in [-0.25, -0.2) is 0 Å². The maximum Gasteiger partial charge on any atom is 0.317 e. The minimum Gasteiger partial charge on any atom is -0.480 e. The van der Waals surface area contributed by atoms with Gasteiger partial charge in [-0.2, -0.15) is 0 Å². The van der Waals surface area contributed by atoms with Crippen LogP contribution in [0.2, 0.25) is 0 Å². The van der Waals surface area contributed by atoms with Gasteiger partial charge in [-0.1, -0.05) is 15.9 Å². The Morgan fingerprint density at radius 2 is 2.06 bits per heavy atom. The lowest BCUT2D eigenvalue weighted by Gasteiger charge is -2.14. The van der Waals surface area contributed by atoms with E-state index in [1.165, 1.54) is 4.90 Å². The second kappa shape index (κ2) is 6.51. The lowest BCUT2D eigenvalue weighted by atomic mass is 10.2. The predicted molar refractivity (Wildman–Crippen MR) is 72.6 cm³/mol. The zero-order valence-corrected chi connectivity index (χ0v) is 11.8. The van der Waals surface area contributed by atoms with Gasteiger partial charge in [0, 0.05) is 10.2 Å². The number of aliphatic carboxylic acids is 1. The van der Waals surface area contributed by atoms with E-state index >= 15 is 0 Å². The fraction of sp³-hybridized carbons (Fsp3) is 0.333. The molecule has 1 amide bonds. The molecule has 5 nitrogen and oxygen atoms in total. The van der Waals surface area contributed by atoms with Gasteiger partial charge in [0.25, 0.3) is 0 Å². The Kier molecular flexibility index (Phi) is 5.30. The van der Waals surface area contributed by atoms with E-state index < -0.39 is 5.97 Å². The first-order valence-corrected chi connectivity index (χ1v) is 6.14. The number of carboxylic acid groups (broad SMARTS) is 1. The molecule has 18 heavy (non-hydrogen) atoms. The van der Waals surface area contributed by atoms with Crippen LogP contribution in [-0.4, -0.2) is 42.0 Å². The smallest absolute Gasteiger partial charge is 0.317 e. The Balaban J connectivity index is 2.56. The monoisotopic (exact) mass is 314 g/mol. The second-order valence-electron chi connectivity index (χ2n) is 4.07. The van der Waals surface area contributed by atoms with Gasteiger partial charge in [0.05, 0.1) is 13.1 Å². The molecule has 0 unspecified atom stereocenters. The van der Waals surface area contributed by atoms with Crippen LogP contribution in [-0.2, 0) is 9.59 Å². The van der Waals surface area contributed by atoms with Crippen molar-refractivity contribution in [2.75, 3.05) is 25.5 Å². The molecular formula is C12H15BrN2O3. The zero-order chi connectivity index (χ0) is 13.7. The first-order valence-electron chi connectivity index (χ1n) is 5.35. The molecule has 0 saturated heterocycles. The molecule has 0 spiro atoms. The Bertz CT molecular complexity index is 463. The third-order valence-electron chi connectivity index (χ3n) is 2.28. The van der Waals surface area contributed by atoms with E-state index in [9.17, 15) is 9.59 Å². The minimum atomic E-state index is -0.954. The van der Waals surface area contributed by atoms with Crippen LogP contribution in [0.3, 0.4) is 0 Å². The molecule has 0 fully saturated rings. The van der Waals surface area contributed by atoms with Crippen molar-refractivity contribution in [2.45, 2.75) is 6.92 Å². The van der Waals surface area contributed by atoms with E-state index in [4.69, 9.17) is 5.11 Å². The summed E-state index contributed by atoms with van der Waals surface area (Å²) in [5.74, 6) is -1.19. The average Bonchev–Trinajstić information content (AvgIpc) is 2.20. The number of anilines is 1. The number of likely N-dealkylation sites (N-methyl/N-ethyl adjacent to an activating group) is 1. The molecule has 6 heteroatoms. The molecule has 1 aromatic rings. The number of nitrogens with one attached hydrogen (secondary N) is 1. The van der Waals surface area contributed by atoms with Gasteiger partial charge < -0.3 is 10.4 Å². The number of hydrogen-bond acceptors (Lipinski definition) is 3. The number of halogens is 1. The number of nitrogens with zero attached hydrogens (tertiary/aromatic N) is 1. The van der Waals surface area contributed by atoms with Crippen molar-refractivity contribution in [1.82, 2.24) is 4.90 Å². The molecule has 1 aromatic carbocycles. The third kappa shape index (κ3) is 4.85. The Labute approximate surface area is 114 Å². The zero-order valence-electron chi connectivity index (χ0n) is 10.2. The largest absolute Gasteiger partial charge is 0.480 e. The number of rotatable bonds is 5. The van der Waals surface area contributed by atoms with Crippen molar-refractivity contribution in [3.63, 3.8) is 0 Å². The summed E-state index contributed by atoms with van der Waals surface area (Å²) >= 11 is 3.34. The van der Waals surface area contributed by atoms with E-state index in [1.54, 1.807) is 13.1 Å². The predicted octanol–water partition coefficient (Wildman–Crippen LogP) is 1.71. The summed E-state index contributed by atoms with van der Waals surface area (Å²) in [6, 6.07) is 5.54. The van der Waals surface area contributed by atoms with Crippen LogP contribution in [0.25, 0.3) is 0 Å². The van der Waals surface area contributed by atoms with Gasteiger partial charge in [0.15, 0.2) is 0 Å². The van der Waals surface area contributed by atoms with Crippen LogP contribution in [0.15, 0.2) is 22.7 Å². The molecule has 0 aliphatic heterocycles. The molecule has 0 aliphatic rings. The first kappa shape index (κ1) is 14.7. The van der Waals surface area contributed by atoms with Gasteiger partial charge in [-0.3, -0.25) is 14.5 Å². The van der Waals surface area contributed by atoms with Crippen molar-refractivity contribution in [1.29, 1.82) is 0 Å². The SMILES string of the molecule is Cc1cc(Br)ccc1NC(=O)CN(C)CC(=O)O. The fourth-order valence-electron chi connectivity index (χ4n) is 1.49. The molecule has 0 saturated carbocycles. The maximum atomic E-state index is 11.7. The summed E-state index contributed by atoms with van der Waals surface area (Å²) in [6.45, 7) is 1.77. The molecule has 0 bridgehead atoms. The number of hydrogen-bond donors (Lipinski definition) is 2. The highest BCUT2D eigenvalue weighted by Gasteiger charge is 2.10. The molecule has 0 heterocycles. The van der Waals surface area contributed by atoms with Crippen molar-refractivity contribution < 1.29 is 14.7 Å². The van der Waals surface area contributed by atoms with Crippen LogP contribution in [0.1, 0.15) is 5.56 Å². The third-order valence-corrected chi connectivity index (χ3v) is 2.77. The van der Waals surface area contributed by atoms with Gasteiger partial charge in [-0.05, 0) is 37.7 Å². The van der Waals surface area contributed by atoms with Crippen molar-refractivity contribution in [3.05, 3.63) is 28.2 Å². The number of amides is 1. The number of carbonyl (C=O) groups is 2. The standard InChI is InChI=1S/C12H15BrN2O3/c1-8-5-9(13)3-4-10(8)14-11(16)6-15(2)7-12(17)18/h3-5H,6-7H2,1-2H3,(H,14,16)(H,17,18). The highest BCUT2D eigenvalue weighted by molar-refractivity contribution is 9.10. The lowest BCUT2D eigenvalue weighted by molar-refractivity contribution is -0.138. The van der Waals surface area contributed by atoms with E-state index in [1.807, 2.05) is 19.1 Å². The van der Waals surface area contributed by atoms with Crippen LogP contribution in [0.4, 0.5) is 5.69 Å². The highest BCUT2D eigenvalue weighted by atomic mass is 79.9. The Hall–Kier alpha value is -1.40. The Morgan fingerprint density at radius 3 is 2.61 bits per heavy atom. The van der Waals surface area contributed by atoms with E-state index in [2.05, 4.69) is 21.2 Å². The van der Waals surface area contributed by atoms with Gasteiger partial charge in [0.1, 0.15) is 0 Å². The number of carboxylic acids is 1. The normalized spacial score (nSPS) is 10.4. The maximum absolute atomic E-state index is 11.7. The quantitative estimate of drug-likeness (QED) is 0.868. The van der Waals surface area contributed by atoms with E-state index in [0.717, 1.165) is 15.7 Å². The Morgan fingerprint density at radius 1 is 1.39 bits per heavy atom. The number of benzene rings is 1. The highest BCUT2D eigenvalue weighted by Crippen LogP contribution is 2.19. The van der Waals surface area contributed by atoms with Crippen LogP contribution < -0.4 is 5.32 Å². The van der Waals surface area contributed by atoms with E-state index in [-0.39, 0.29) is 19.0 Å². The summed E-state index contributed by atoms with van der Waals surface area (Å²) in [5, 5.41) is 11.3. The van der Waals surface area contributed by atoms with Gasteiger partial charge >= 0.3 is 5.97 Å². The summed E-state index contributed by atoms with van der Waals surface area (Å²) in [4.78, 5) is 23.6. The fourth-order valence-corrected chi connectivity index (χ4v) is 1.96. The van der Waals surface area contributed by atoms with Gasteiger partial charge in [-0.15, -0.1) is 0 Å².